The van der Waals surface area contributed by atoms with Gasteiger partial charge >= 0.3 is 11.8 Å². The quantitative estimate of drug-likeness (QED) is 0.323. The molecule has 0 saturated heterocycles. The number of carbonyl (C=O) groups excluding carboxylic acids is 2. The Balaban J connectivity index is 1.51. The van der Waals surface area contributed by atoms with Crippen LogP contribution in [0.2, 0.25) is 0 Å². The SMILES string of the molecule is Cn1cc(Cn2c(=O)c3cc(S(=O)(=O)N(C(=O)OC(C)(C)C)C4(C)CC4)sc3n(Cc3ccc4c(c3)CC(=O)N4)c2=O)cn1. The molecule has 1 fully saturated rings. The summed E-state index contributed by atoms with van der Waals surface area (Å²) in [6.07, 6.45) is 3.37. The number of fused-ring (bicyclic) bond motifs is 2. The van der Waals surface area contributed by atoms with Crippen molar-refractivity contribution in [3.05, 3.63) is 74.2 Å². The highest BCUT2D eigenvalue weighted by Gasteiger charge is 2.54. The van der Waals surface area contributed by atoms with Gasteiger partial charge in [-0.1, -0.05) is 12.1 Å². The van der Waals surface area contributed by atoms with Crippen LogP contribution in [0.1, 0.15) is 57.2 Å². The van der Waals surface area contributed by atoms with Gasteiger partial charge < -0.3 is 10.1 Å². The number of sulfonamides is 1. The Kier molecular flexibility index (Phi) is 6.88. The first-order valence-electron chi connectivity index (χ1n) is 14.0. The Morgan fingerprint density at radius 3 is 2.45 bits per heavy atom. The summed E-state index contributed by atoms with van der Waals surface area (Å²) in [7, 11) is -2.76. The van der Waals surface area contributed by atoms with E-state index in [2.05, 4.69) is 10.4 Å². The van der Waals surface area contributed by atoms with Crippen molar-refractivity contribution in [3.63, 3.8) is 0 Å². The van der Waals surface area contributed by atoms with E-state index in [1.54, 1.807) is 64.0 Å². The second-order valence-corrected chi connectivity index (χ2v) is 15.6. The van der Waals surface area contributed by atoms with E-state index < -0.39 is 38.5 Å². The third kappa shape index (κ3) is 5.34. The lowest BCUT2D eigenvalue weighted by molar-refractivity contribution is -0.115. The number of amides is 2. The van der Waals surface area contributed by atoms with Gasteiger partial charge in [-0.15, -0.1) is 11.3 Å². The molecule has 232 valence electrons. The minimum atomic E-state index is -4.48. The highest BCUT2D eigenvalue weighted by atomic mass is 32.2. The van der Waals surface area contributed by atoms with Crippen molar-refractivity contribution < 1.29 is 22.7 Å². The minimum Gasteiger partial charge on any atom is -0.443 e. The largest absolute Gasteiger partial charge is 0.443 e. The smallest absolute Gasteiger partial charge is 0.424 e. The average Bonchev–Trinajstić information content (AvgIpc) is 3.25. The second kappa shape index (κ2) is 10.2. The third-order valence-electron chi connectivity index (χ3n) is 7.62. The molecule has 0 radical (unpaired) electrons. The lowest BCUT2D eigenvalue weighted by Gasteiger charge is -2.30. The van der Waals surface area contributed by atoms with Gasteiger partial charge in [0.2, 0.25) is 5.91 Å². The molecule has 4 aromatic rings. The maximum absolute atomic E-state index is 14.1. The van der Waals surface area contributed by atoms with Crippen molar-refractivity contribution in [1.29, 1.82) is 0 Å². The van der Waals surface area contributed by atoms with Gasteiger partial charge in [-0.2, -0.15) is 17.8 Å². The van der Waals surface area contributed by atoms with Crippen LogP contribution in [0.15, 0.2) is 50.5 Å². The minimum absolute atomic E-state index is 0.0115. The Morgan fingerprint density at radius 2 is 1.82 bits per heavy atom. The number of nitrogens with one attached hydrogen (secondary N) is 1. The van der Waals surface area contributed by atoms with Crippen LogP contribution in [0.3, 0.4) is 0 Å². The highest BCUT2D eigenvalue weighted by Crippen LogP contribution is 2.46. The topological polar surface area (TPSA) is 155 Å². The monoisotopic (exact) mass is 640 g/mol. The maximum atomic E-state index is 14.1. The molecule has 0 bridgehead atoms. The van der Waals surface area contributed by atoms with E-state index in [1.807, 2.05) is 6.07 Å². The maximum Gasteiger partial charge on any atom is 0.424 e. The molecule has 44 heavy (non-hydrogen) atoms. The van der Waals surface area contributed by atoms with Crippen LogP contribution in [0.25, 0.3) is 10.2 Å². The van der Waals surface area contributed by atoms with Gasteiger partial charge in [0.1, 0.15) is 14.6 Å². The van der Waals surface area contributed by atoms with E-state index in [9.17, 15) is 27.6 Å². The van der Waals surface area contributed by atoms with Gasteiger partial charge in [-0.25, -0.2) is 9.59 Å². The molecule has 2 aliphatic rings. The van der Waals surface area contributed by atoms with Crippen molar-refractivity contribution in [2.45, 2.75) is 75.4 Å². The molecule has 0 unspecified atom stereocenters. The molecule has 15 heteroatoms. The second-order valence-electron chi connectivity index (χ2n) is 12.5. The van der Waals surface area contributed by atoms with Gasteiger partial charge in [-0.3, -0.25) is 23.4 Å². The fraction of sp³-hybridized carbons (Fsp3) is 0.414. The summed E-state index contributed by atoms with van der Waals surface area (Å²) in [6.45, 7) is 6.56. The van der Waals surface area contributed by atoms with Crippen molar-refractivity contribution in [2.75, 3.05) is 5.32 Å². The van der Waals surface area contributed by atoms with Crippen molar-refractivity contribution in [1.82, 2.24) is 23.2 Å². The third-order valence-corrected chi connectivity index (χ3v) is 11.2. The molecule has 1 aliphatic heterocycles. The summed E-state index contributed by atoms with van der Waals surface area (Å²) < 4.78 is 38.2. The number of benzene rings is 1. The number of aromatic nitrogens is 4. The summed E-state index contributed by atoms with van der Waals surface area (Å²) >= 11 is 0.760. The molecule has 1 aromatic carbocycles. The fourth-order valence-electron chi connectivity index (χ4n) is 5.27. The lowest BCUT2D eigenvalue weighted by Crippen LogP contribution is -2.47. The summed E-state index contributed by atoms with van der Waals surface area (Å²) in [6, 6.07) is 6.57. The van der Waals surface area contributed by atoms with Gasteiger partial charge in [-0.05, 0) is 63.8 Å². The molecule has 6 rings (SSSR count). The van der Waals surface area contributed by atoms with E-state index in [-0.39, 0.29) is 39.8 Å². The summed E-state index contributed by atoms with van der Waals surface area (Å²) in [4.78, 5) is 53.0. The van der Waals surface area contributed by atoms with Crippen molar-refractivity contribution >= 4 is 49.3 Å². The molecule has 2 amide bonds. The molecule has 1 aliphatic carbocycles. The van der Waals surface area contributed by atoms with Crippen LogP contribution in [-0.2, 0) is 46.1 Å². The highest BCUT2D eigenvalue weighted by molar-refractivity contribution is 7.92. The average molecular weight is 641 g/mol. The summed E-state index contributed by atoms with van der Waals surface area (Å²) in [5.74, 6) is -0.131. The van der Waals surface area contributed by atoms with Crippen molar-refractivity contribution in [2.24, 2.45) is 7.05 Å². The zero-order chi connectivity index (χ0) is 31.8. The van der Waals surface area contributed by atoms with Crippen molar-refractivity contribution in [3.8, 4) is 0 Å². The molecule has 0 atom stereocenters. The van der Waals surface area contributed by atoms with Gasteiger partial charge in [0.25, 0.3) is 15.6 Å². The zero-order valence-corrected chi connectivity index (χ0v) is 26.5. The number of aryl methyl sites for hydroxylation is 1. The number of nitrogens with zero attached hydrogens (tertiary/aromatic N) is 5. The van der Waals surface area contributed by atoms with Crippen LogP contribution in [0, 0.1) is 0 Å². The van der Waals surface area contributed by atoms with E-state index in [1.165, 1.54) is 10.6 Å². The molecule has 0 spiro atoms. The number of ether oxygens (including phenoxy) is 1. The molecule has 1 N–H and O–H groups in total. The van der Waals surface area contributed by atoms with Crippen LogP contribution in [-0.4, -0.2) is 54.8 Å². The van der Waals surface area contributed by atoms with Gasteiger partial charge in [0.15, 0.2) is 0 Å². The number of carbonyl (C=O) groups is 2. The number of anilines is 1. The number of rotatable bonds is 7. The normalized spacial score (nSPS) is 15.7. The molecule has 3 aromatic heterocycles. The predicted octanol–water partition coefficient (Wildman–Crippen LogP) is 3.03. The number of thiophene rings is 1. The standard InChI is InChI=1S/C29H32N6O7S2/c1-28(2,3)42-27(39)35(29(4)8-9-29)44(40,41)23-12-20-24(37)33(16-18-13-30-32(5)14-18)26(38)34(25(20)43-23)15-17-6-7-21-19(10-17)11-22(36)31-21/h6-7,10,12-14H,8-9,11,15-16H2,1-5H3,(H,31,36). The first-order chi connectivity index (χ1) is 20.6. The van der Waals surface area contributed by atoms with E-state index in [0.29, 0.717) is 29.7 Å². The molecular weight excluding hydrogens is 608 g/mol. The first kappa shape index (κ1) is 29.8. The van der Waals surface area contributed by atoms with E-state index in [4.69, 9.17) is 4.74 Å². The number of hydrogen-bond acceptors (Lipinski definition) is 9. The lowest BCUT2D eigenvalue weighted by atomic mass is 10.1. The number of hydrogen-bond donors (Lipinski definition) is 1. The Bertz CT molecular complexity index is 2080. The predicted molar refractivity (Wildman–Crippen MR) is 163 cm³/mol. The molecule has 4 heterocycles. The van der Waals surface area contributed by atoms with Gasteiger partial charge in [0, 0.05) is 24.5 Å². The van der Waals surface area contributed by atoms with Crippen LogP contribution < -0.4 is 16.6 Å². The molecule has 13 nitrogen and oxygen atoms in total. The first-order valence-corrected chi connectivity index (χ1v) is 16.3. The van der Waals surface area contributed by atoms with Gasteiger partial charge in [0.05, 0.1) is 36.6 Å². The fourth-order valence-corrected chi connectivity index (χ4v) is 8.47. The summed E-state index contributed by atoms with van der Waals surface area (Å²) in [5.41, 5.74) is -0.425. The van der Waals surface area contributed by atoms with Crippen LogP contribution in [0.4, 0.5) is 10.5 Å². The van der Waals surface area contributed by atoms with Crippen LogP contribution >= 0.6 is 11.3 Å². The molecule has 1 saturated carbocycles. The Morgan fingerprint density at radius 1 is 1.11 bits per heavy atom. The zero-order valence-electron chi connectivity index (χ0n) is 24.9. The van der Waals surface area contributed by atoms with E-state index >= 15 is 0 Å². The van der Waals surface area contributed by atoms with Crippen LogP contribution in [0.5, 0.6) is 0 Å². The Hall–Kier alpha value is -4.24. The molecular formula is C29H32N6O7S2. The van der Waals surface area contributed by atoms with E-state index in [0.717, 1.165) is 25.8 Å². The summed E-state index contributed by atoms with van der Waals surface area (Å²) in [5, 5.41) is 6.93. The Labute approximate surface area is 256 Å².